The first-order valence-electron chi connectivity index (χ1n) is 16.0. The molecule has 3 heterocycles. The minimum absolute atomic E-state index is 0.458. The highest BCUT2D eigenvalue weighted by Gasteiger charge is 2.40. The Balaban J connectivity index is 1.46. The van der Waals surface area contributed by atoms with Gasteiger partial charge >= 0.3 is 0 Å². The van der Waals surface area contributed by atoms with Crippen LogP contribution in [-0.2, 0) is 6.42 Å². The number of rotatable bonds is 14. The Morgan fingerprint density at radius 3 is 2.25 bits per heavy atom. The molecule has 3 fully saturated rings. The van der Waals surface area contributed by atoms with E-state index in [-0.39, 0.29) is 0 Å². The Kier molecular flexibility index (Phi) is 11.5. The Morgan fingerprint density at radius 2 is 1.57 bits per heavy atom. The molecule has 4 rings (SSSR count). The van der Waals surface area contributed by atoms with Crippen LogP contribution >= 0.6 is 24.4 Å². The van der Waals surface area contributed by atoms with E-state index in [4.69, 9.17) is 24.4 Å². The highest BCUT2D eigenvalue weighted by Crippen LogP contribution is 2.30. The summed E-state index contributed by atoms with van der Waals surface area (Å²) in [7, 11) is 0. The van der Waals surface area contributed by atoms with Crippen molar-refractivity contribution in [1.82, 2.24) is 24.9 Å². The number of hydrogen-bond donors (Lipinski definition) is 1. The maximum Gasteiger partial charge on any atom is 0.172 e. The van der Waals surface area contributed by atoms with Gasteiger partial charge in [0.2, 0.25) is 0 Å². The van der Waals surface area contributed by atoms with Crippen LogP contribution in [0.15, 0.2) is 30.3 Å². The van der Waals surface area contributed by atoms with E-state index in [0.717, 1.165) is 49.4 Å². The fourth-order valence-corrected chi connectivity index (χ4v) is 7.97. The lowest BCUT2D eigenvalue weighted by Gasteiger charge is -2.38. The van der Waals surface area contributed by atoms with Crippen molar-refractivity contribution in [3.05, 3.63) is 35.9 Å². The molecule has 1 N–H and O–H groups in total. The van der Waals surface area contributed by atoms with Crippen molar-refractivity contribution in [2.45, 2.75) is 104 Å². The zero-order valence-corrected chi connectivity index (χ0v) is 27.7. The van der Waals surface area contributed by atoms with Gasteiger partial charge in [0.1, 0.15) is 0 Å². The predicted molar refractivity (Wildman–Crippen MR) is 178 cm³/mol. The lowest BCUT2D eigenvalue weighted by atomic mass is 10.00. The summed E-state index contributed by atoms with van der Waals surface area (Å²) in [6, 6.07) is 13.0. The number of benzene rings is 1. The van der Waals surface area contributed by atoms with Crippen LogP contribution in [0.2, 0.25) is 0 Å². The third-order valence-corrected chi connectivity index (χ3v) is 9.89. The van der Waals surface area contributed by atoms with E-state index in [1.807, 2.05) is 0 Å². The van der Waals surface area contributed by atoms with Crippen molar-refractivity contribution >= 4 is 34.7 Å². The molecule has 0 spiro atoms. The maximum atomic E-state index is 6.29. The largest absolute Gasteiger partial charge is 0.360 e. The first kappa shape index (κ1) is 31.5. The normalized spacial score (nSPS) is 24.8. The van der Waals surface area contributed by atoms with Gasteiger partial charge in [-0.1, -0.05) is 71.9 Å². The smallest absolute Gasteiger partial charge is 0.172 e. The van der Waals surface area contributed by atoms with Crippen molar-refractivity contribution < 1.29 is 0 Å². The summed E-state index contributed by atoms with van der Waals surface area (Å²) >= 11 is 12.1. The Morgan fingerprint density at radius 1 is 0.875 bits per heavy atom. The van der Waals surface area contributed by atoms with Gasteiger partial charge in [0.05, 0.1) is 0 Å². The van der Waals surface area contributed by atoms with Crippen LogP contribution in [0.25, 0.3) is 0 Å². The van der Waals surface area contributed by atoms with Crippen molar-refractivity contribution in [1.29, 1.82) is 0 Å². The van der Waals surface area contributed by atoms with Crippen LogP contribution < -0.4 is 5.32 Å². The summed E-state index contributed by atoms with van der Waals surface area (Å²) in [5.41, 5.74) is 1.40. The van der Waals surface area contributed by atoms with Gasteiger partial charge in [-0.3, -0.25) is 4.90 Å². The molecule has 3 saturated heterocycles. The van der Waals surface area contributed by atoms with Crippen LogP contribution in [-0.4, -0.2) is 93.3 Å². The standard InChI is InChI=1S/C33H55N5S2/c1-24(2)17-29-20-34-32(39)37(29)22-28-13-10-15-35(28)21-30(18-25(3)4)38-23-31(19-26(5)6)36(33(38)40)16-14-27-11-8-7-9-12-27/h7-9,11-12,24-26,28-31H,10,13-23H2,1-6H3,(H,34,39)/t28-,29+,30+,31+/m1/s1. The topological polar surface area (TPSA) is 25.0 Å². The first-order valence-corrected chi connectivity index (χ1v) is 16.8. The van der Waals surface area contributed by atoms with Crippen LogP contribution in [0.5, 0.6) is 0 Å². The summed E-state index contributed by atoms with van der Waals surface area (Å²) in [5, 5.41) is 5.54. The Hall–Kier alpha value is -1.44. The number of thiocarbonyl (C=S) groups is 2. The minimum Gasteiger partial charge on any atom is -0.360 e. The maximum absolute atomic E-state index is 6.29. The highest BCUT2D eigenvalue weighted by molar-refractivity contribution is 7.80. The van der Waals surface area contributed by atoms with E-state index in [1.165, 1.54) is 44.2 Å². The average molecular weight is 586 g/mol. The molecule has 5 nitrogen and oxygen atoms in total. The fraction of sp³-hybridized carbons (Fsp3) is 0.758. The van der Waals surface area contributed by atoms with E-state index < -0.39 is 0 Å². The van der Waals surface area contributed by atoms with Gasteiger partial charge in [-0.2, -0.15) is 0 Å². The molecule has 40 heavy (non-hydrogen) atoms. The van der Waals surface area contributed by atoms with Crippen LogP contribution in [0.4, 0.5) is 0 Å². The summed E-state index contributed by atoms with van der Waals surface area (Å²) in [4.78, 5) is 10.5. The molecule has 1 aromatic rings. The zero-order chi connectivity index (χ0) is 28.8. The zero-order valence-electron chi connectivity index (χ0n) is 26.0. The number of nitrogens with one attached hydrogen (secondary N) is 1. The molecule has 1 aromatic carbocycles. The molecule has 0 aromatic heterocycles. The van der Waals surface area contributed by atoms with Crippen molar-refractivity contribution in [2.75, 3.05) is 39.3 Å². The molecular weight excluding hydrogens is 531 g/mol. The Labute approximate surface area is 256 Å². The molecule has 0 aliphatic carbocycles. The van der Waals surface area contributed by atoms with E-state index >= 15 is 0 Å². The van der Waals surface area contributed by atoms with Gasteiger partial charge in [-0.05, 0) is 92.8 Å². The van der Waals surface area contributed by atoms with E-state index in [0.29, 0.717) is 41.9 Å². The Bertz CT molecular complexity index is 951. The molecule has 0 unspecified atom stereocenters. The lowest BCUT2D eigenvalue weighted by molar-refractivity contribution is 0.146. The van der Waals surface area contributed by atoms with Crippen molar-refractivity contribution in [3.8, 4) is 0 Å². The molecule has 7 heteroatoms. The van der Waals surface area contributed by atoms with Crippen molar-refractivity contribution in [2.24, 2.45) is 17.8 Å². The second kappa shape index (κ2) is 14.6. The third kappa shape index (κ3) is 8.32. The summed E-state index contributed by atoms with van der Waals surface area (Å²) < 4.78 is 0. The van der Waals surface area contributed by atoms with Crippen LogP contribution in [0.1, 0.15) is 79.2 Å². The third-order valence-electron chi connectivity index (χ3n) is 9.04. The first-order chi connectivity index (χ1) is 19.1. The number of likely N-dealkylation sites (tertiary alicyclic amines) is 1. The van der Waals surface area contributed by atoms with Gasteiger partial charge in [0, 0.05) is 56.9 Å². The second-order valence-corrected chi connectivity index (χ2v) is 14.6. The molecule has 0 radical (unpaired) electrons. The number of hydrogen-bond acceptors (Lipinski definition) is 3. The van der Waals surface area contributed by atoms with Gasteiger partial charge in [0.25, 0.3) is 0 Å². The highest BCUT2D eigenvalue weighted by atomic mass is 32.1. The SMILES string of the molecule is CC(C)C[C@H]1CNC(=S)N1C[C@H]1CCCN1C[C@H](CC(C)C)N1C[C@H](CC(C)C)N(CCc2ccccc2)C1=S. The van der Waals surface area contributed by atoms with Gasteiger partial charge in [-0.15, -0.1) is 0 Å². The molecular formula is C33H55N5S2. The van der Waals surface area contributed by atoms with Crippen LogP contribution in [0.3, 0.4) is 0 Å². The molecule has 3 aliphatic heterocycles. The fourth-order valence-electron chi connectivity index (χ4n) is 7.20. The summed E-state index contributed by atoms with van der Waals surface area (Å²) in [6.45, 7) is 20.5. The van der Waals surface area contributed by atoms with Crippen LogP contribution in [0, 0.1) is 17.8 Å². The minimum atomic E-state index is 0.458. The van der Waals surface area contributed by atoms with E-state index in [9.17, 15) is 0 Å². The lowest BCUT2D eigenvalue weighted by Crippen LogP contribution is -2.51. The van der Waals surface area contributed by atoms with E-state index in [1.54, 1.807) is 0 Å². The average Bonchev–Trinajstić information content (AvgIpc) is 3.56. The molecule has 0 amide bonds. The van der Waals surface area contributed by atoms with Gasteiger partial charge in [-0.25, -0.2) is 0 Å². The van der Waals surface area contributed by atoms with Gasteiger partial charge in [0.15, 0.2) is 10.2 Å². The molecule has 3 aliphatic rings. The molecule has 0 saturated carbocycles. The summed E-state index contributed by atoms with van der Waals surface area (Å²) in [5.74, 6) is 1.99. The van der Waals surface area contributed by atoms with E-state index in [2.05, 4.69) is 96.8 Å². The molecule has 4 atom stereocenters. The quantitative estimate of drug-likeness (QED) is 0.266. The molecule has 224 valence electrons. The predicted octanol–water partition coefficient (Wildman–Crippen LogP) is 6.03. The van der Waals surface area contributed by atoms with Gasteiger partial charge < -0.3 is 20.0 Å². The van der Waals surface area contributed by atoms with Crippen molar-refractivity contribution in [3.63, 3.8) is 0 Å². The molecule has 0 bridgehead atoms. The monoisotopic (exact) mass is 585 g/mol. The second-order valence-electron chi connectivity index (χ2n) is 13.8. The summed E-state index contributed by atoms with van der Waals surface area (Å²) in [6.07, 6.45) is 7.19. The number of nitrogens with zero attached hydrogens (tertiary/aromatic N) is 4.